The number of sulfonamides is 1. The number of H-pyrrole nitrogens is 1. The molecule has 8 nitrogen and oxygen atoms in total. The Hall–Kier alpha value is -2.46. The van der Waals surface area contributed by atoms with Crippen molar-refractivity contribution in [3.63, 3.8) is 0 Å². The number of nitrogens with one attached hydrogen (secondary N) is 2. The maximum absolute atomic E-state index is 13.0. The summed E-state index contributed by atoms with van der Waals surface area (Å²) in [5.74, 6) is 0.192. The molecule has 2 N–H and O–H groups in total. The van der Waals surface area contributed by atoms with Gasteiger partial charge in [0.1, 0.15) is 10.7 Å². The van der Waals surface area contributed by atoms with Gasteiger partial charge in [-0.1, -0.05) is 23.7 Å². The average molecular weight is 449 g/mol. The van der Waals surface area contributed by atoms with Gasteiger partial charge in [-0.05, 0) is 37.3 Å². The van der Waals surface area contributed by atoms with E-state index in [1.54, 1.807) is 6.92 Å². The number of aromatic nitrogens is 2. The van der Waals surface area contributed by atoms with Gasteiger partial charge in [-0.25, -0.2) is 13.4 Å². The molecule has 2 heterocycles. The Kier molecular flexibility index (Phi) is 5.79. The molecule has 1 aromatic heterocycles. The van der Waals surface area contributed by atoms with E-state index < -0.39 is 22.0 Å². The van der Waals surface area contributed by atoms with Gasteiger partial charge in [0, 0.05) is 18.7 Å². The van der Waals surface area contributed by atoms with Crippen LogP contribution in [0, 0.1) is 0 Å². The second-order valence-corrected chi connectivity index (χ2v) is 9.31. The predicted octanol–water partition coefficient (Wildman–Crippen LogP) is 2.73. The molecule has 2 aromatic carbocycles. The molecule has 1 fully saturated rings. The van der Waals surface area contributed by atoms with Crippen LogP contribution in [0.4, 0.5) is 0 Å². The van der Waals surface area contributed by atoms with Crippen molar-refractivity contribution in [2.75, 3.05) is 26.3 Å². The van der Waals surface area contributed by atoms with Crippen LogP contribution in [-0.4, -0.2) is 54.9 Å². The topological polar surface area (TPSA) is 104 Å². The number of imidazole rings is 1. The number of nitrogens with zero attached hydrogens (tertiary/aromatic N) is 2. The first-order valence-corrected chi connectivity index (χ1v) is 11.3. The Morgan fingerprint density at radius 1 is 1.23 bits per heavy atom. The minimum atomic E-state index is -3.82. The first-order chi connectivity index (χ1) is 14.4. The Labute approximate surface area is 179 Å². The van der Waals surface area contributed by atoms with Gasteiger partial charge in [-0.15, -0.1) is 0 Å². The molecule has 1 aliphatic rings. The smallest absolute Gasteiger partial charge is 0.251 e. The quantitative estimate of drug-likeness (QED) is 0.624. The van der Waals surface area contributed by atoms with E-state index in [0.29, 0.717) is 19.0 Å². The summed E-state index contributed by atoms with van der Waals surface area (Å²) in [6, 6.07) is 11.4. The second-order valence-electron chi connectivity index (χ2n) is 7.00. The third-order valence-corrected chi connectivity index (χ3v) is 7.33. The van der Waals surface area contributed by atoms with Crippen molar-refractivity contribution in [3.8, 4) is 0 Å². The number of hydrogen-bond acceptors (Lipinski definition) is 5. The summed E-state index contributed by atoms with van der Waals surface area (Å²) < 4.78 is 32.5. The van der Waals surface area contributed by atoms with Crippen LogP contribution in [0.15, 0.2) is 47.4 Å². The number of amides is 1. The zero-order valence-electron chi connectivity index (χ0n) is 16.3. The van der Waals surface area contributed by atoms with Crippen LogP contribution in [0.3, 0.4) is 0 Å². The van der Waals surface area contributed by atoms with Crippen LogP contribution >= 0.6 is 11.6 Å². The van der Waals surface area contributed by atoms with Crippen molar-refractivity contribution in [1.29, 1.82) is 0 Å². The standard InChI is InChI=1S/C20H21ClN4O4S/c1-13(19-23-16-4-2-3-5-17(16)24-19)22-20(26)14-6-7-15(21)18(12-14)30(27,28)25-8-10-29-11-9-25/h2-7,12-13H,8-11H2,1H3,(H,22,26)(H,23,24)/t13-/m1/s1. The van der Waals surface area contributed by atoms with Gasteiger partial charge < -0.3 is 15.0 Å². The van der Waals surface area contributed by atoms with Crippen molar-refractivity contribution >= 4 is 38.6 Å². The molecule has 10 heteroatoms. The summed E-state index contributed by atoms with van der Waals surface area (Å²) in [6.45, 7) is 2.95. The minimum absolute atomic E-state index is 0.0726. The summed E-state index contributed by atoms with van der Waals surface area (Å²) in [5, 5.41) is 2.92. The normalized spacial score (nSPS) is 16.5. The van der Waals surface area contributed by atoms with E-state index in [0.717, 1.165) is 11.0 Å². The second kappa shape index (κ2) is 8.35. The highest BCUT2D eigenvalue weighted by molar-refractivity contribution is 7.89. The highest BCUT2D eigenvalue weighted by atomic mass is 35.5. The van der Waals surface area contributed by atoms with Gasteiger partial charge in [0.25, 0.3) is 5.91 Å². The maximum atomic E-state index is 13.0. The van der Waals surface area contributed by atoms with E-state index >= 15 is 0 Å². The summed E-state index contributed by atoms with van der Waals surface area (Å²) >= 11 is 6.17. The number of ether oxygens (including phenoxy) is 1. The number of rotatable bonds is 5. The van der Waals surface area contributed by atoms with Crippen LogP contribution in [0.2, 0.25) is 5.02 Å². The van der Waals surface area contributed by atoms with E-state index in [2.05, 4.69) is 15.3 Å². The zero-order valence-corrected chi connectivity index (χ0v) is 17.8. The summed E-state index contributed by atoms with van der Waals surface area (Å²) in [7, 11) is -3.82. The molecule has 0 aliphatic carbocycles. The number of benzene rings is 2. The van der Waals surface area contributed by atoms with E-state index in [-0.39, 0.29) is 28.6 Å². The molecule has 0 spiro atoms. The molecule has 1 amide bonds. The number of halogens is 1. The van der Waals surface area contributed by atoms with Crippen LogP contribution < -0.4 is 5.32 Å². The van der Waals surface area contributed by atoms with Crippen molar-refractivity contribution in [2.24, 2.45) is 0 Å². The molecule has 4 rings (SSSR count). The Morgan fingerprint density at radius 2 is 1.97 bits per heavy atom. The number of para-hydroxylation sites is 2. The lowest BCUT2D eigenvalue weighted by Gasteiger charge is -2.26. The number of aromatic amines is 1. The van der Waals surface area contributed by atoms with Crippen molar-refractivity contribution in [2.45, 2.75) is 17.9 Å². The van der Waals surface area contributed by atoms with Gasteiger partial charge >= 0.3 is 0 Å². The Morgan fingerprint density at radius 3 is 2.70 bits per heavy atom. The summed E-state index contributed by atoms with van der Waals surface area (Å²) in [4.78, 5) is 20.4. The lowest BCUT2D eigenvalue weighted by atomic mass is 10.2. The van der Waals surface area contributed by atoms with Crippen molar-refractivity contribution in [1.82, 2.24) is 19.6 Å². The lowest BCUT2D eigenvalue weighted by Crippen LogP contribution is -2.40. The first-order valence-electron chi connectivity index (χ1n) is 9.49. The first kappa shape index (κ1) is 20.8. The molecule has 1 aliphatic heterocycles. The van der Waals surface area contributed by atoms with E-state index in [1.165, 1.54) is 22.5 Å². The molecular weight excluding hydrogens is 428 g/mol. The van der Waals surface area contributed by atoms with Gasteiger partial charge in [0.2, 0.25) is 10.0 Å². The van der Waals surface area contributed by atoms with Gasteiger partial charge in [0.15, 0.2) is 0 Å². The van der Waals surface area contributed by atoms with Crippen LogP contribution in [0.25, 0.3) is 11.0 Å². The highest BCUT2D eigenvalue weighted by Gasteiger charge is 2.29. The molecule has 3 aromatic rings. The van der Waals surface area contributed by atoms with Crippen molar-refractivity contribution < 1.29 is 17.9 Å². The average Bonchev–Trinajstić information content (AvgIpc) is 3.19. The molecular formula is C20H21ClN4O4S. The summed E-state index contributed by atoms with van der Waals surface area (Å²) in [6.07, 6.45) is 0. The Balaban J connectivity index is 1.56. The molecule has 0 radical (unpaired) electrons. The number of carbonyl (C=O) groups excluding carboxylic acids is 1. The molecule has 0 saturated carbocycles. The molecule has 0 bridgehead atoms. The fourth-order valence-corrected chi connectivity index (χ4v) is 5.20. The van der Waals surface area contributed by atoms with Crippen LogP contribution in [0.5, 0.6) is 0 Å². The number of fused-ring (bicyclic) bond motifs is 1. The summed E-state index contributed by atoms with van der Waals surface area (Å²) in [5.41, 5.74) is 1.88. The monoisotopic (exact) mass is 448 g/mol. The molecule has 0 unspecified atom stereocenters. The molecule has 30 heavy (non-hydrogen) atoms. The third kappa shape index (κ3) is 4.06. The maximum Gasteiger partial charge on any atom is 0.251 e. The number of morpholine rings is 1. The molecule has 1 saturated heterocycles. The lowest BCUT2D eigenvalue weighted by molar-refractivity contribution is 0.0730. The van der Waals surface area contributed by atoms with E-state index in [9.17, 15) is 13.2 Å². The van der Waals surface area contributed by atoms with Gasteiger partial charge in [-0.3, -0.25) is 4.79 Å². The highest BCUT2D eigenvalue weighted by Crippen LogP contribution is 2.27. The third-order valence-electron chi connectivity index (χ3n) is 4.95. The molecule has 158 valence electrons. The predicted molar refractivity (Wildman–Crippen MR) is 113 cm³/mol. The minimum Gasteiger partial charge on any atom is -0.379 e. The van der Waals surface area contributed by atoms with Crippen molar-refractivity contribution in [3.05, 3.63) is 58.9 Å². The Bertz CT molecular complexity index is 1160. The number of carbonyl (C=O) groups is 1. The fourth-order valence-electron chi connectivity index (χ4n) is 3.29. The SMILES string of the molecule is C[C@@H](NC(=O)c1ccc(Cl)c(S(=O)(=O)N2CCOCC2)c1)c1nc2ccccc2[nH]1. The zero-order chi connectivity index (χ0) is 21.3. The van der Waals surface area contributed by atoms with E-state index in [1.807, 2.05) is 24.3 Å². The van der Waals surface area contributed by atoms with Gasteiger partial charge in [0.05, 0.1) is 35.3 Å². The van der Waals surface area contributed by atoms with Crippen LogP contribution in [0.1, 0.15) is 29.1 Å². The fraction of sp³-hybridized carbons (Fsp3) is 0.300. The van der Waals surface area contributed by atoms with Crippen LogP contribution in [-0.2, 0) is 14.8 Å². The largest absolute Gasteiger partial charge is 0.379 e. The van der Waals surface area contributed by atoms with Gasteiger partial charge in [-0.2, -0.15) is 4.31 Å². The number of hydrogen-bond donors (Lipinski definition) is 2. The van der Waals surface area contributed by atoms with E-state index in [4.69, 9.17) is 16.3 Å². The molecule has 1 atom stereocenters.